The summed E-state index contributed by atoms with van der Waals surface area (Å²) >= 11 is 3.31. The van der Waals surface area contributed by atoms with E-state index in [1.807, 2.05) is 0 Å². The minimum absolute atomic E-state index is 0.193. The summed E-state index contributed by atoms with van der Waals surface area (Å²) in [5.41, 5.74) is -0.168. The molecule has 18 heavy (non-hydrogen) atoms. The van der Waals surface area contributed by atoms with Crippen LogP contribution in [0.15, 0.2) is 22.7 Å². The first-order chi connectivity index (χ1) is 8.40. The predicted molar refractivity (Wildman–Crippen MR) is 70.8 cm³/mol. The van der Waals surface area contributed by atoms with Gasteiger partial charge in [0.15, 0.2) is 0 Å². The van der Waals surface area contributed by atoms with Gasteiger partial charge in [-0.15, -0.1) is 0 Å². The fourth-order valence-corrected chi connectivity index (χ4v) is 1.81. The number of benzene rings is 1. The van der Waals surface area contributed by atoms with Crippen LogP contribution >= 0.6 is 15.9 Å². The number of ether oxygens (including phenoxy) is 2. The van der Waals surface area contributed by atoms with Gasteiger partial charge < -0.3 is 9.47 Å². The van der Waals surface area contributed by atoms with E-state index >= 15 is 0 Å². The molecule has 98 valence electrons. The van der Waals surface area contributed by atoms with Gasteiger partial charge in [0.25, 0.3) is 0 Å². The molecular formula is C13H15BrO4. The second-order valence-electron chi connectivity index (χ2n) is 4.47. The quantitative estimate of drug-likeness (QED) is 0.619. The average molecular weight is 315 g/mol. The Labute approximate surface area is 114 Å². The third-order valence-corrected chi connectivity index (χ3v) is 3.04. The second kappa shape index (κ2) is 6.00. The van der Waals surface area contributed by atoms with Crippen LogP contribution in [-0.4, -0.2) is 26.0 Å². The number of aldehydes is 1. The van der Waals surface area contributed by atoms with Crippen molar-refractivity contribution in [3.63, 3.8) is 0 Å². The van der Waals surface area contributed by atoms with Gasteiger partial charge in [0.05, 0.1) is 17.0 Å². The molecule has 0 fully saturated rings. The summed E-state index contributed by atoms with van der Waals surface area (Å²) in [4.78, 5) is 22.1. The average Bonchev–Trinajstić information content (AvgIpc) is 2.36. The van der Waals surface area contributed by atoms with Crippen molar-refractivity contribution in [2.45, 2.75) is 13.8 Å². The standard InChI is InChI=1S/C13H15BrO4/c1-13(2,12(16)17-3)8-18-11-5-4-9(7-15)6-10(11)14/h4-7H,8H2,1-3H3. The van der Waals surface area contributed by atoms with Crippen molar-refractivity contribution >= 4 is 28.2 Å². The molecule has 1 aromatic carbocycles. The van der Waals surface area contributed by atoms with E-state index < -0.39 is 5.41 Å². The van der Waals surface area contributed by atoms with E-state index in [2.05, 4.69) is 15.9 Å². The third-order valence-electron chi connectivity index (χ3n) is 2.42. The minimum atomic E-state index is -0.725. The Morgan fingerprint density at radius 2 is 2.11 bits per heavy atom. The summed E-state index contributed by atoms with van der Waals surface area (Å²) < 4.78 is 10.9. The number of methoxy groups -OCH3 is 1. The molecule has 0 aliphatic carbocycles. The number of carbonyl (C=O) groups excluding carboxylic acids is 2. The van der Waals surface area contributed by atoms with Gasteiger partial charge in [-0.25, -0.2) is 0 Å². The predicted octanol–water partition coefficient (Wildman–Crippen LogP) is 2.84. The topological polar surface area (TPSA) is 52.6 Å². The number of rotatable bonds is 5. The highest BCUT2D eigenvalue weighted by Gasteiger charge is 2.29. The summed E-state index contributed by atoms with van der Waals surface area (Å²) in [5, 5.41) is 0. The molecule has 0 bridgehead atoms. The Bertz CT molecular complexity index is 454. The Kier molecular flexibility index (Phi) is 4.90. The maximum atomic E-state index is 11.5. The summed E-state index contributed by atoms with van der Waals surface area (Å²) in [6, 6.07) is 4.99. The molecule has 0 aliphatic rings. The molecule has 0 amide bonds. The Balaban J connectivity index is 2.75. The fraction of sp³-hybridized carbons (Fsp3) is 0.385. The van der Waals surface area contributed by atoms with E-state index in [0.717, 1.165) is 6.29 Å². The first-order valence-electron chi connectivity index (χ1n) is 5.36. The number of hydrogen-bond acceptors (Lipinski definition) is 4. The summed E-state index contributed by atoms with van der Waals surface area (Å²) in [5.74, 6) is 0.251. The molecule has 0 saturated carbocycles. The van der Waals surface area contributed by atoms with E-state index in [1.54, 1.807) is 32.0 Å². The lowest BCUT2D eigenvalue weighted by atomic mass is 9.95. The van der Waals surface area contributed by atoms with E-state index in [9.17, 15) is 9.59 Å². The Morgan fingerprint density at radius 3 is 2.61 bits per heavy atom. The van der Waals surface area contributed by atoms with Crippen molar-refractivity contribution in [3.05, 3.63) is 28.2 Å². The highest BCUT2D eigenvalue weighted by molar-refractivity contribution is 9.10. The molecule has 0 spiro atoms. The van der Waals surface area contributed by atoms with Crippen LogP contribution in [0.25, 0.3) is 0 Å². The van der Waals surface area contributed by atoms with Crippen molar-refractivity contribution in [1.29, 1.82) is 0 Å². The fourth-order valence-electron chi connectivity index (χ4n) is 1.30. The van der Waals surface area contributed by atoms with E-state index in [4.69, 9.17) is 9.47 Å². The molecule has 0 unspecified atom stereocenters. The van der Waals surface area contributed by atoms with Crippen molar-refractivity contribution in [2.75, 3.05) is 13.7 Å². The highest BCUT2D eigenvalue weighted by atomic mass is 79.9. The Hall–Kier alpha value is -1.36. The van der Waals surface area contributed by atoms with Gasteiger partial charge >= 0.3 is 5.97 Å². The van der Waals surface area contributed by atoms with Crippen LogP contribution in [0, 0.1) is 5.41 Å². The van der Waals surface area contributed by atoms with Crippen molar-refractivity contribution in [3.8, 4) is 5.75 Å². The number of carbonyl (C=O) groups is 2. The van der Waals surface area contributed by atoms with Crippen LogP contribution in [0.4, 0.5) is 0 Å². The SMILES string of the molecule is COC(=O)C(C)(C)COc1ccc(C=O)cc1Br. The van der Waals surface area contributed by atoms with E-state index in [0.29, 0.717) is 15.8 Å². The molecular weight excluding hydrogens is 300 g/mol. The molecule has 1 rings (SSSR count). The number of esters is 1. The van der Waals surface area contributed by atoms with Crippen molar-refractivity contribution in [1.82, 2.24) is 0 Å². The molecule has 0 saturated heterocycles. The van der Waals surface area contributed by atoms with Crippen LogP contribution in [0.5, 0.6) is 5.75 Å². The van der Waals surface area contributed by atoms with Crippen molar-refractivity contribution < 1.29 is 19.1 Å². The van der Waals surface area contributed by atoms with Crippen LogP contribution in [0.3, 0.4) is 0 Å². The maximum absolute atomic E-state index is 11.5. The smallest absolute Gasteiger partial charge is 0.314 e. The molecule has 4 nitrogen and oxygen atoms in total. The number of hydrogen-bond donors (Lipinski definition) is 0. The first-order valence-corrected chi connectivity index (χ1v) is 6.16. The van der Waals surface area contributed by atoms with E-state index in [-0.39, 0.29) is 12.6 Å². The van der Waals surface area contributed by atoms with Crippen LogP contribution in [0.2, 0.25) is 0 Å². The van der Waals surface area contributed by atoms with Crippen LogP contribution < -0.4 is 4.74 Å². The normalized spacial score (nSPS) is 10.9. The summed E-state index contributed by atoms with van der Waals surface area (Å²) in [6.45, 7) is 3.68. The Morgan fingerprint density at radius 1 is 1.44 bits per heavy atom. The van der Waals surface area contributed by atoms with Gasteiger partial charge in [0.1, 0.15) is 18.6 Å². The zero-order chi connectivity index (χ0) is 13.8. The zero-order valence-corrected chi connectivity index (χ0v) is 12.1. The lowest BCUT2D eigenvalue weighted by Crippen LogP contribution is -2.32. The van der Waals surface area contributed by atoms with Crippen LogP contribution in [0.1, 0.15) is 24.2 Å². The monoisotopic (exact) mass is 314 g/mol. The van der Waals surface area contributed by atoms with E-state index in [1.165, 1.54) is 7.11 Å². The molecule has 0 aliphatic heterocycles. The lowest BCUT2D eigenvalue weighted by molar-refractivity contribution is -0.152. The largest absolute Gasteiger partial charge is 0.491 e. The first kappa shape index (κ1) is 14.7. The van der Waals surface area contributed by atoms with Gasteiger partial charge in [0.2, 0.25) is 0 Å². The summed E-state index contributed by atoms with van der Waals surface area (Å²) in [7, 11) is 1.35. The summed E-state index contributed by atoms with van der Waals surface area (Å²) in [6.07, 6.45) is 0.757. The third kappa shape index (κ3) is 3.57. The van der Waals surface area contributed by atoms with Gasteiger partial charge in [0, 0.05) is 5.56 Å². The van der Waals surface area contributed by atoms with Gasteiger partial charge in [-0.05, 0) is 48.0 Å². The molecule has 0 radical (unpaired) electrons. The molecule has 0 aromatic heterocycles. The molecule has 0 heterocycles. The van der Waals surface area contributed by atoms with Gasteiger partial charge in [-0.1, -0.05) is 0 Å². The van der Waals surface area contributed by atoms with Crippen molar-refractivity contribution in [2.24, 2.45) is 5.41 Å². The molecule has 5 heteroatoms. The minimum Gasteiger partial charge on any atom is -0.491 e. The lowest BCUT2D eigenvalue weighted by Gasteiger charge is -2.22. The highest BCUT2D eigenvalue weighted by Crippen LogP contribution is 2.28. The van der Waals surface area contributed by atoms with Crippen LogP contribution in [-0.2, 0) is 9.53 Å². The zero-order valence-electron chi connectivity index (χ0n) is 10.5. The maximum Gasteiger partial charge on any atom is 0.314 e. The van der Waals surface area contributed by atoms with Gasteiger partial charge in [-0.2, -0.15) is 0 Å². The second-order valence-corrected chi connectivity index (χ2v) is 5.33. The molecule has 0 atom stereocenters. The molecule has 0 N–H and O–H groups in total. The number of halogens is 1. The molecule has 1 aromatic rings. The van der Waals surface area contributed by atoms with Gasteiger partial charge in [-0.3, -0.25) is 9.59 Å².